The third-order valence-electron chi connectivity index (χ3n) is 12.0. The molecule has 0 radical (unpaired) electrons. The predicted molar refractivity (Wildman–Crippen MR) is 279 cm³/mol. The fourth-order valence-electron chi connectivity index (χ4n) is 7.84. The smallest absolute Gasteiger partial charge is 0.306 e. The van der Waals surface area contributed by atoms with Crippen molar-refractivity contribution in [3.05, 3.63) is 60.8 Å². The second kappa shape index (κ2) is 53.7. The van der Waals surface area contributed by atoms with Gasteiger partial charge in [0.05, 0.1) is 0 Å². The summed E-state index contributed by atoms with van der Waals surface area (Å²) in [7, 11) is 0. The molecule has 0 bridgehead atoms. The number of allylic oxidation sites excluding steroid dienone is 10. The molecule has 0 rings (SSSR count). The Morgan fingerprint density at radius 3 is 0.985 bits per heavy atom. The molecule has 0 saturated heterocycles. The van der Waals surface area contributed by atoms with Crippen LogP contribution in [0.25, 0.3) is 0 Å². The van der Waals surface area contributed by atoms with E-state index < -0.39 is 6.10 Å². The highest BCUT2D eigenvalue weighted by molar-refractivity contribution is 5.71. The summed E-state index contributed by atoms with van der Waals surface area (Å²) in [6.07, 6.45) is 66.4. The van der Waals surface area contributed by atoms with Crippen LogP contribution in [0.4, 0.5) is 0 Å². The van der Waals surface area contributed by atoms with Crippen LogP contribution in [-0.4, -0.2) is 37.2 Å². The Kier molecular flexibility index (Phi) is 51.3. The number of ether oxygens (including phenoxy) is 3. The van der Waals surface area contributed by atoms with Crippen LogP contribution in [0.2, 0.25) is 0 Å². The molecule has 0 N–H and O–H groups in total. The van der Waals surface area contributed by atoms with Gasteiger partial charge in [0.2, 0.25) is 0 Å². The van der Waals surface area contributed by atoms with Crippen molar-refractivity contribution in [2.75, 3.05) is 13.2 Å². The van der Waals surface area contributed by atoms with E-state index in [1.165, 1.54) is 141 Å². The highest BCUT2D eigenvalue weighted by Gasteiger charge is 2.19. The van der Waals surface area contributed by atoms with E-state index in [1.807, 2.05) is 0 Å². The summed E-state index contributed by atoms with van der Waals surface area (Å²) < 4.78 is 16.8. The molecule has 0 unspecified atom stereocenters. The van der Waals surface area contributed by atoms with Crippen molar-refractivity contribution in [1.29, 1.82) is 0 Å². The zero-order chi connectivity index (χ0) is 47.2. The molecule has 0 aliphatic heterocycles. The maximum Gasteiger partial charge on any atom is 0.306 e. The van der Waals surface area contributed by atoms with Gasteiger partial charge in [-0.25, -0.2) is 0 Å². The van der Waals surface area contributed by atoms with Crippen molar-refractivity contribution in [2.45, 2.75) is 284 Å². The van der Waals surface area contributed by atoms with E-state index in [4.69, 9.17) is 14.2 Å². The number of unbranched alkanes of at least 4 members (excludes halogenated alkanes) is 29. The molecule has 0 spiro atoms. The van der Waals surface area contributed by atoms with E-state index >= 15 is 0 Å². The lowest BCUT2D eigenvalue weighted by atomic mass is 10.0. The summed E-state index contributed by atoms with van der Waals surface area (Å²) in [5.41, 5.74) is 0. The van der Waals surface area contributed by atoms with Gasteiger partial charge in [-0.2, -0.15) is 0 Å². The highest BCUT2D eigenvalue weighted by atomic mass is 16.6. The van der Waals surface area contributed by atoms with E-state index in [-0.39, 0.29) is 31.1 Å². The van der Waals surface area contributed by atoms with Crippen molar-refractivity contribution in [3.8, 4) is 0 Å². The topological polar surface area (TPSA) is 78.9 Å². The van der Waals surface area contributed by atoms with Crippen molar-refractivity contribution >= 4 is 17.9 Å². The van der Waals surface area contributed by atoms with Crippen LogP contribution >= 0.6 is 0 Å². The zero-order valence-corrected chi connectivity index (χ0v) is 43.0. The molecule has 6 heteroatoms. The quantitative estimate of drug-likeness (QED) is 0.0262. The molecular formula is C59H104O6. The molecule has 6 nitrogen and oxygen atoms in total. The molecule has 0 aliphatic rings. The Labute approximate surface area is 402 Å². The first-order valence-electron chi connectivity index (χ1n) is 27.8. The molecule has 0 aromatic rings. The van der Waals surface area contributed by atoms with Gasteiger partial charge in [0.1, 0.15) is 13.2 Å². The normalized spacial score (nSPS) is 12.5. The molecule has 1 atom stereocenters. The number of hydrogen-bond donors (Lipinski definition) is 0. The molecule has 65 heavy (non-hydrogen) atoms. The SMILES string of the molecule is CC/C=C\C/C=C\C/C=C\C/C=C\CCCCC(=O)OC[C@H](COC(=O)CCCCCCCCCCCCCCCCCCC)OC(=O)CCCCCCC/C=C\CCCCCCCC. The monoisotopic (exact) mass is 909 g/mol. The molecule has 0 saturated carbocycles. The maximum atomic E-state index is 12.8. The molecule has 0 heterocycles. The lowest BCUT2D eigenvalue weighted by molar-refractivity contribution is -0.167. The number of rotatable bonds is 50. The summed E-state index contributed by atoms with van der Waals surface area (Å²) in [6.45, 7) is 6.50. The van der Waals surface area contributed by atoms with Gasteiger partial charge >= 0.3 is 17.9 Å². The average Bonchev–Trinajstić information content (AvgIpc) is 3.30. The summed E-state index contributed by atoms with van der Waals surface area (Å²) in [4.78, 5) is 38.1. The van der Waals surface area contributed by atoms with Gasteiger partial charge in [0.15, 0.2) is 6.10 Å². The van der Waals surface area contributed by atoms with Crippen molar-refractivity contribution in [1.82, 2.24) is 0 Å². The first-order chi connectivity index (χ1) is 32.0. The molecule has 376 valence electrons. The summed E-state index contributed by atoms with van der Waals surface area (Å²) in [5.74, 6) is -0.930. The lowest BCUT2D eigenvalue weighted by Crippen LogP contribution is -2.30. The molecule has 0 aliphatic carbocycles. The van der Waals surface area contributed by atoms with E-state index in [0.29, 0.717) is 19.3 Å². The minimum absolute atomic E-state index is 0.0883. The van der Waals surface area contributed by atoms with Gasteiger partial charge in [0, 0.05) is 19.3 Å². The average molecular weight is 909 g/mol. The van der Waals surface area contributed by atoms with Gasteiger partial charge in [-0.1, -0.05) is 236 Å². The van der Waals surface area contributed by atoms with E-state index in [1.54, 1.807) is 0 Å². The second-order valence-corrected chi connectivity index (χ2v) is 18.5. The number of hydrogen-bond acceptors (Lipinski definition) is 6. The number of carbonyl (C=O) groups excluding carboxylic acids is 3. The van der Waals surface area contributed by atoms with Crippen LogP contribution in [0.5, 0.6) is 0 Å². The van der Waals surface area contributed by atoms with E-state index in [2.05, 4.69) is 81.5 Å². The Morgan fingerprint density at radius 1 is 0.323 bits per heavy atom. The molecule has 0 amide bonds. The number of esters is 3. The minimum atomic E-state index is -0.793. The Bertz CT molecular complexity index is 1180. The van der Waals surface area contributed by atoms with Gasteiger partial charge in [-0.15, -0.1) is 0 Å². The van der Waals surface area contributed by atoms with Gasteiger partial charge < -0.3 is 14.2 Å². The van der Waals surface area contributed by atoms with Crippen molar-refractivity contribution in [2.24, 2.45) is 0 Å². The van der Waals surface area contributed by atoms with Crippen molar-refractivity contribution < 1.29 is 28.6 Å². The highest BCUT2D eigenvalue weighted by Crippen LogP contribution is 2.16. The van der Waals surface area contributed by atoms with Gasteiger partial charge in [-0.05, 0) is 83.5 Å². The van der Waals surface area contributed by atoms with Crippen molar-refractivity contribution in [3.63, 3.8) is 0 Å². The summed E-state index contributed by atoms with van der Waals surface area (Å²) in [6, 6.07) is 0. The van der Waals surface area contributed by atoms with Crippen LogP contribution in [-0.2, 0) is 28.6 Å². The van der Waals surface area contributed by atoms with Crippen LogP contribution in [0.3, 0.4) is 0 Å². The maximum absolute atomic E-state index is 12.8. The van der Waals surface area contributed by atoms with Crippen LogP contribution in [0, 0.1) is 0 Å². The fourth-order valence-corrected chi connectivity index (χ4v) is 7.84. The molecule has 0 fully saturated rings. The van der Waals surface area contributed by atoms with Gasteiger partial charge in [-0.3, -0.25) is 14.4 Å². The summed E-state index contributed by atoms with van der Waals surface area (Å²) in [5, 5.41) is 0. The fraction of sp³-hybridized carbons (Fsp3) is 0.780. The number of carbonyl (C=O) groups is 3. The lowest BCUT2D eigenvalue weighted by Gasteiger charge is -2.18. The second-order valence-electron chi connectivity index (χ2n) is 18.5. The molecular weight excluding hydrogens is 805 g/mol. The molecule has 0 aromatic heterocycles. The zero-order valence-electron chi connectivity index (χ0n) is 43.0. The third kappa shape index (κ3) is 51.9. The standard InChI is InChI=1S/C59H104O6/c1-4-7-10-13-16-19-22-25-28-29-32-34-37-40-43-46-49-52-58(61)64-55-56(65-59(62)53-50-47-44-41-38-35-31-27-24-21-18-15-12-9-6-3)54-63-57(60)51-48-45-42-39-36-33-30-26-23-20-17-14-11-8-5-2/h8,11,17,20,26-27,30-31,36,39,56H,4-7,9-10,12-16,18-19,21-25,28-29,32-35,37-38,40-55H2,1-3H3/b11-8-,20-17-,30-26-,31-27-,39-36-/t56-/m1/s1. The van der Waals surface area contributed by atoms with Gasteiger partial charge in [0.25, 0.3) is 0 Å². The molecule has 0 aromatic carbocycles. The van der Waals surface area contributed by atoms with Crippen LogP contribution < -0.4 is 0 Å². The Hall–Kier alpha value is -2.89. The minimum Gasteiger partial charge on any atom is -0.462 e. The van der Waals surface area contributed by atoms with E-state index in [0.717, 1.165) is 96.3 Å². The van der Waals surface area contributed by atoms with Crippen LogP contribution in [0.1, 0.15) is 278 Å². The Morgan fingerprint density at radius 2 is 0.600 bits per heavy atom. The first kappa shape index (κ1) is 62.1. The predicted octanol–water partition coefficient (Wildman–Crippen LogP) is 18.4. The van der Waals surface area contributed by atoms with E-state index in [9.17, 15) is 14.4 Å². The Balaban J connectivity index is 4.42. The summed E-state index contributed by atoms with van der Waals surface area (Å²) >= 11 is 0. The first-order valence-corrected chi connectivity index (χ1v) is 27.8. The largest absolute Gasteiger partial charge is 0.462 e. The third-order valence-corrected chi connectivity index (χ3v) is 12.0. The van der Waals surface area contributed by atoms with Crippen LogP contribution in [0.15, 0.2) is 60.8 Å².